The van der Waals surface area contributed by atoms with Crippen molar-refractivity contribution in [2.24, 2.45) is 0 Å². The number of amides is 2. The van der Waals surface area contributed by atoms with Crippen molar-refractivity contribution in [2.75, 3.05) is 13.6 Å². The number of nitrogens with one attached hydrogen (secondary N) is 1. The molecule has 1 aliphatic heterocycles. The Labute approximate surface area is 161 Å². The van der Waals surface area contributed by atoms with Gasteiger partial charge in [-0.1, -0.05) is 0 Å². The van der Waals surface area contributed by atoms with Crippen LogP contribution in [-0.2, 0) is 6.18 Å². The number of likely N-dealkylation sites (tertiary alicyclic amines) is 1. The monoisotopic (exact) mass is 415 g/mol. The number of hydrogen-bond acceptors (Lipinski definition) is 5. The number of carbonyl (C=O) groups is 2. The molecule has 1 saturated carbocycles. The fraction of sp³-hybridized carbons (Fsp3) is 0.471. The molecule has 1 aliphatic carbocycles. The Balaban J connectivity index is 1.63. The second kappa shape index (κ2) is 6.23. The van der Waals surface area contributed by atoms with Crippen molar-refractivity contribution < 1.29 is 32.6 Å². The van der Waals surface area contributed by atoms with Gasteiger partial charge in [0.05, 0.1) is 26.9 Å². The number of ether oxygens (including phenoxy) is 1. The maximum Gasteiger partial charge on any atom is 0.418 e. The van der Waals surface area contributed by atoms with E-state index in [0.29, 0.717) is 25.8 Å². The summed E-state index contributed by atoms with van der Waals surface area (Å²) >= 11 is 0.804. The summed E-state index contributed by atoms with van der Waals surface area (Å²) < 4.78 is 46.0. The van der Waals surface area contributed by atoms with E-state index >= 15 is 0 Å². The van der Waals surface area contributed by atoms with Gasteiger partial charge in [-0.25, -0.2) is 9.78 Å². The molecular formula is C17H16F3N3O4S. The SMILES string of the molecule is CNC(=O)c1csc2c(C(F)(F)F)cc(OC3CC4(CCN4C(=O)O)C3)nc12. The number of aromatic nitrogens is 1. The van der Waals surface area contributed by atoms with E-state index in [-0.39, 0.29) is 21.7 Å². The summed E-state index contributed by atoms with van der Waals surface area (Å²) in [4.78, 5) is 28.6. The molecular weight excluding hydrogens is 399 g/mol. The van der Waals surface area contributed by atoms with Crippen molar-refractivity contribution in [1.82, 2.24) is 15.2 Å². The van der Waals surface area contributed by atoms with Crippen molar-refractivity contribution in [2.45, 2.75) is 37.1 Å². The first-order valence-electron chi connectivity index (χ1n) is 8.53. The summed E-state index contributed by atoms with van der Waals surface area (Å²) in [6, 6.07) is 0.840. The van der Waals surface area contributed by atoms with Gasteiger partial charge in [-0.2, -0.15) is 13.2 Å². The molecule has 4 rings (SSSR count). The van der Waals surface area contributed by atoms with Crippen LogP contribution in [0.1, 0.15) is 35.2 Å². The van der Waals surface area contributed by atoms with E-state index in [2.05, 4.69) is 10.3 Å². The average molecular weight is 415 g/mol. The van der Waals surface area contributed by atoms with Gasteiger partial charge in [-0.15, -0.1) is 11.3 Å². The minimum Gasteiger partial charge on any atom is -0.474 e. The topological polar surface area (TPSA) is 91.8 Å². The van der Waals surface area contributed by atoms with E-state index in [4.69, 9.17) is 9.84 Å². The van der Waals surface area contributed by atoms with Gasteiger partial charge in [0.2, 0.25) is 5.88 Å². The lowest BCUT2D eigenvalue weighted by Gasteiger charge is -2.59. The van der Waals surface area contributed by atoms with Gasteiger partial charge in [0.25, 0.3) is 5.91 Å². The Bertz CT molecular complexity index is 968. The molecule has 150 valence electrons. The van der Waals surface area contributed by atoms with Crippen LogP contribution in [0.3, 0.4) is 0 Å². The molecule has 2 N–H and O–H groups in total. The summed E-state index contributed by atoms with van der Waals surface area (Å²) in [6.45, 7) is 0.453. The summed E-state index contributed by atoms with van der Waals surface area (Å²) in [5.41, 5.74) is -1.38. The first kappa shape index (κ1) is 18.8. The van der Waals surface area contributed by atoms with Crippen LogP contribution in [0, 0.1) is 0 Å². The van der Waals surface area contributed by atoms with Crippen LogP contribution in [-0.4, -0.2) is 52.2 Å². The number of hydrogen-bond donors (Lipinski definition) is 2. The van der Waals surface area contributed by atoms with Crippen LogP contribution in [0.5, 0.6) is 5.88 Å². The van der Waals surface area contributed by atoms with Crippen LogP contribution in [0.2, 0.25) is 0 Å². The Kier molecular flexibility index (Phi) is 4.18. The number of fused-ring (bicyclic) bond motifs is 1. The molecule has 0 aromatic carbocycles. The lowest BCUT2D eigenvalue weighted by molar-refractivity contribution is -0.136. The molecule has 28 heavy (non-hydrogen) atoms. The number of thiophene rings is 1. The molecule has 0 unspecified atom stereocenters. The maximum absolute atomic E-state index is 13.5. The number of pyridine rings is 1. The van der Waals surface area contributed by atoms with Crippen molar-refractivity contribution >= 4 is 33.6 Å². The molecule has 3 heterocycles. The average Bonchev–Trinajstić information content (AvgIpc) is 2.97. The van der Waals surface area contributed by atoms with Gasteiger partial charge >= 0.3 is 12.3 Å². The third-order valence-corrected chi connectivity index (χ3v) is 6.39. The second-order valence-corrected chi connectivity index (χ2v) is 7.85. The fourth-order valence-corrected chi connectivity index (χ4v) is 4.88. The highest BCUT2D eigenvalue weighted by atomic mass is 32.1. The van der Waals surface area contributed by atoms with E-state index in [1.54, 1.807) is 0 Å². The largest absolute Gasteiger partial charge is 0.474 e. The number of nitrogens with zero attached hydrogens (tertiary/aromatic N) is 2. The number of rotatable bonds is 3. The van der Waals surface area contributed by atoms with E-state index < -0.39 is 35.4 Å². The first-order valence-corrected chi connectivity index (χ1v) is 9.41. The third kappa shape index (κ3) is 2.84. The van der Waals surface area contributed by atoms with Crippen LogP contribution in [0.25, 0.3) is 10.2 Å². The van der Waals surface area contributed by atoms with Gasteiger partial charge < -0.3 is 20.1 Å². The summed E-state index contributed by atoms with van der Waals surface area (Å²) in [7, 11) is 1.39. The summed E-state index contributed by atoms with van der Waals surface area (Å²) in [5.74, 6) is -0.748. The normalized spacial score (nSPS) is 24.0. The molecule has 1 saturated heterocycles. The zero-order valence-corrected chi connectivity index (χ0v) is 15.5. The second-order valence-electron chi connectivity index (χ2n) is 6.97. The standard InChI is InChI=1S/C17H16F3N3O4S/c1-21-14(24)9-7-28-13-10(17(18,19)20)4-11(22-12(9)13)27-8-5-16(6-8)2-3-23(16)15(25)26/h4,7-8H,2-3,5-6H2,1H3,(H,21,24)(H,25,26). The Morgan fingerprint density at radius 2 is 2.14 bits per heavy atom. The zero-order valence-electron chi connectivity index (χ0n) is 14.7. The Morgan fingerprint density at radius 1 is 1.43 bits per heavy atom. The molecule has 2 aliphatic rings. The van der Waals surface area contributed by atoms with Crippen LogP contribution in [0.15, 0.2) is 11.4 Å². The smallest absolute Gasteiger partial charge is 0.418 e. The van der Waals surface area contributed by atoms with Crippen molar-refractivity contribution in [3.63, 3.8) is 0 Å². The van der Waals surface area contributed by atoms with Crippen LogP contribution in [0.4, 0.5) is 18.0 Å². The highest BCUT2D eigenvalue weighted by Gasteiger charge is 2.57. The third-order valence-electron chi connectivity index (χ3n) is 5.38. The molecule has 7 nitrogen and oxygen atoms in total. The van der Waals surface area contributed by atoms with E-state index in [9.17, 15) is 22.8 Å². The quantitative estimate of drug-likeness (QED) is 0.802. The van der Waals surface area contributed by atoms with E-state index in [0.717, 1.165) is 17.4 Å². The highest BCUT2D eigenvalue weighted by molar-refractivity contribution is 7.17. The van der Waals surface area contributed by atoms with E-state index in [1.807, 2.05) is 0 Å². The van der Waals surface area contributed by atoms with Crippen molar-refractivity contribution in [1.29, 1.82) is 0 Å². The molecule has 2 fully saturated rings. The van der Waals surface area contributed by atoms with Gasteiger partial charge in [0.1, 0.15) is 6.10 Å². The summed E-state index contributed by atoms with van der Waals surface area (Å²) in [5, 5.41) is 12.9. The number of halogens is 3. The van der Waals surface area contributed by atoms with Gasteiger partial charge in [-0.3, -0.25) is 4.79 Å². The lowest BCUT2D eigenvalue weighted by atomic mass is 9.66. The molecule has 2 aromatic heterocycles. The molecule has 2 aromatic rings. The van der Waals surface area contributed by atoms with Crippen LogP contribution >= 0.6 is 11.3 Å². The summed E-state index contributed by atoms with van der Waals surface area (Å²) in [6.07, 6.45) is -4.52. The molecule has 11 heteroatoms. The zero-order chi connectivity index (χ0) is 20.3. The highest BCUT2D eigenvalue weighted by Crippen LogP contribution is 2.49. The van der Waals surface area contributed by atoms with E-state index in [1.165, 1.54) is 17.3 Å². The maximum atomic E-state index is 13.5. The molecule has 1 spiro atoms. The predicted octanol–water partition coefficient (Wildman–Crippen LogP) is 3.34. The lowest BCUT2D eigenvalue weighted by Crippen LogP contribution is -2.70. The molecule has 2 amide bonds. The fourth-order valence-electron chi connectivity index (χ4n) is 3.86. The first-order chi connectivity index (χ1) is 13.1. The van der Waals surface area contributed by atoms with Crippen molar-refractivity contribution in [3.8, 4) is 5.88 Å². The predicted molar refractivity (Wildman–Crippen MR) is 93.7 cm³/mol. The van der Waals surface area contributed by atoms with Crippen molar-refractivity contribution in [3.05, 3.63) is 22.6 Å². The minimum absolute atomic E-state index is 0.0552. The molecule has 0 bridgehead atoms. The van der Waals surface area contributed by atoms with Gasteiger partial charge in [0.15, 0.2) is 0 Å². The van der Waals surface area contributed by atoms with Crippen LogP contribution < -0.4 is 10.1 Å². The van der Waals surface area contributed by atoms with Gasteiger partial charge in [0, 0.05) is 37.9 Å². The number of alkyl halides is 3. The molecule has 0 radical (unpaired) electrons. The van der Waals surface area contributed by atoms with Gasteiger partial charge in [-0.05, 0) is 6.42 Å². The Morgan fingerprint density at radius 3 is 2.68 bits per heavy atom. The Hall–Kier alpha value is -2.56. The number of carboxylic acid groups (broad SMARTS) is 1. The minimum atomic E-state index is -4.63. The number of carbonyl (C=O) groups excluding carboxylic acids is 1. The molecule has 0 atom stereocenters.